The van der Waals surface area contributed by atoms with E-state index < -0.39 is 7.60 Å². The fraction of sp³-hybridized carbons (Fsp3) is 0.538. The van der Waals surface area contributed by atoms with Gasteiger partial charge in [0.25, 0.3) is 0 Å². The van der Waals surface area contributed by atoms with Crippen LogP contribution in [0.15, 0.2) is 48.5 Å². The minimum Gasteiger partial charge on any atom is -0.497 e. The van der Waals surface area contributed by atoms with Gasteiger partial charge in [0.05, 0.1) is 25.1 Å². The first-order chi connectivity index (χ1) is 15.0. The van der Waals surface area contributed by atoms with E-state index in [-0.39, 0.29) is 11.5 Å². The first-order valence-corrected chi connectivity index (χ1v) is 13.2. The highest BCUT2D eigenvalue weighted by Crippen LogP contribution is 2.68. The summed E-state index contributed by atoms with van der Waals surface area (Å²) in [5.41, 5.74) is 3.07. The standard InChI is InChI=1S/C26H31O4P/c1-26-13-12-22-21-11-9-19(28-2)14-17(21)8-10-23(22)24(26)15-18-16-29-31(27,30-25(18)26)20-6-4-3-5-7-20/h3-7,9,11,14,18,22-25H,8,10,12-13,15-16H2,1-2H3/t18-,22-,23-,24+,25+,26+,31?/m1/s1. The Morgan fingerprint density at radius 2 is 1.97 bits per heavy atom. The average molecular weight is 439 g/mol. The molecule has 1 aliphatic heterocycles. The van der Waals surface area contributed by atoms with Crippen LogP contribution in [0, 0.1) is 23.2 Å². The quantitative estimate of drug-likeness (QED) is 0.564. The molecule has 0 spiro atoms. The topological polar surface area (TPSA) is 44.8 Å². The molecule has 3 fully saturated rings. The zero-order valence-corrected chi connectivity index (χ0v) is 19.2. The molecule has 0 radical (unpaired) electrons. The molecular formula is C26H31O4P. The van der Waals surface area contributed by atoms with Crippen molar-refractivity contribution in [3.05, 3.63) is 59.7 Å². The lowest BCUT2D eigenvalue weighted by Crippen LogP contribution is -2.46. The van der Waals surface area contributed by atoms with E-state index in [1.165, 1.54) is 24.0 Å². The summed E-state index contributed by atoms with van der Waals surface area (Å²) in [5.74, 6) is 3.20. The molecule has 0 N–H and O–H groups in total. The SMILES string of the molecule is COc1ccc2c(c1)CC[C@@H]1[C@@H]2CC[C@@]2(C)[C@H]1C[C@@H]1COP(=O)(c3ccccc3)O[C@@H]12. The summed E-state index contributed by atoms with van der Waals surface area (Å²) < 4.78 is 31.5. The van der Waals surface area contributed by atoms with Crippen molar-refractivity contribution in [3.63, 3.8) is 0 Å². The summed E-state index contributed by atoms with van der Waals surface area (Å²) in [6.45, 7) is 2.96. The summed E-state index contributed by atoms with van der Waals surface area (Å²) in [7, 11) is -1.51. The Labute approximate surface area is 184 Å². The first kappa shape index (κ1) is 20.0. The number of rotatable bonds is 2. The molecule has 2 aromatic carbocycles. The molecule has 164 valence electrons. The van der Waals surface area contributed by atoms with Crippen molar-refractivity contribution in [1.82, 2.24) is 0 Å². The molecule has 0 aromatic heterocycles. The maximum atomic E-state index is 13.6. The van der Waals surface area contributed by atoms with Gasteiger partial charge in [0, 0.05) is 5.92 Å². The van der Waals surface area contributed by atoms with Gasteiger partial charge in [-0.3, -0.25) is 4.57 Å². The predicted molar refractivity (Wildman–Crippen MR) is 121 cm³/mol. The molecule has 0 bridgehead atoms. The number of benzene rings is 2. The molecule has 7 atom stereocenters. The van der Waals surface area contributed by atoms with Crippen molar-refractivity contribution < 1.29 is 18.3 Å². The summed E-state index contributed by atoms with van der Waals surface area (Å²) in [5, 5.41) is 0.690. The van der Waals surface area contributed by atoms with Crippen LogP contribution in [0.1, 0.15) is 49.7 Å². The van der Waals surface area contributed by atoms with E-state index in [0.29, 0.717) is 35.6 Å². The third-order valence-electron chi connectivity index (χ3n) is 8.79. The van der Waals surface area contributed by atoms with E-state index in [0.717, 1.165) is 25.0 Å². The number of hydrogen-bond donors (Lipinski definition) is 0. The van der Waals surface area contributed by atoms with Crippen LogP contribution in [0.2, 0.25) is 0 Å². The minimum atomic E-state index is -3.25. The Balaban J connectivity index is 1.30. The Hall–Kier alpha value is -1.61. The molecule has 1 saturated heterocycles. The number of methoxy groups -OCH3 is 1. The Kier molecular flexibility index (Phi) is 4.65. The van der Waals surface area contributed by atoms with Crippen molar-refractivity contribution in [2.75, 3.05) is 13.7 Å². The van der Waals surface area contributed by atoms with Crippen LogP contribution >= 0.6 is 7.60 Å². The van der Waals surface area contributed by atoms with E-state index in [2.05, 4.69) is 25.1 Å². The predicted octanol–water partition coefficient (Wildman–Crippen LogP) is 5.71. The Bertz CT molecular complexity index is 1040. The van der Waals surface area contributed by atoms with Gasteiger partial charge in [0.1, 0.15) is 5.75 Å². The van der Waals surface area contributed by atoms with Gasteiger partial charge in [-0.15, -0.1) is 0 Å². The molecule has 6 rings (SSSR count). The average Bonchev–Trinajstić information content (AvgIpc) is 3.11. The smallest absolute Gasteiger partial charge is 0.361 e. The maximum absolute atomic E-state index is 13.6. The van der Waals surface area contributed by atoms with Crippen molar-refractivity contribution >= 4 is 12.9 Å². The molecule has 0 amide bonds. The molecule has 2 aromatic rings. The normalized spacial score (nSPS) is 40.9. The first-order valence-electron chi connectivity index (χ1n) is 11.7. The number of aryl methyl sites for hydroxylation is 1. The highest BCUT2D eigenvalue weighted by Gasteiger charge is 2.62. The van der Waals surface area contributed by atoms with Gasteiger partial charge in [0.15, 0.2) is 0 Å². The second kappa shape index (κ2) is 7.20. The zero-order chi connectivity index (χ0) is 21.2. The van der Waals surface area contributed by atoms with Gasteiger partial charge < -0.3 is 13.8 Å². The van der Waals surface area contributed by atoms with Crippen LogP contribution in [0.25, 0.3) is 0 Å². The van der Waals surface area contributed by atoms with Crippen LogP contribution in [-0.4, -0.2) is 19.8 Å². The monoisotopic (exact) mass is 438 g/mol. The third kappa shape index (κ3) is 2.98. The third-order valence-corrected chi connectivity index (χ3v) is 10.7. The summed E-state index contributed by atoms with van der Waals surface area (Å²) in [4.78, 5) is 0. The molecule has 4 nitrogen and oxygen atoms in total. The molecule has 1 unspecified atom stereocenters. The lowest BCUT2D eigenvalue weighted by molar-refractivity contribution is -0.0449. The van der Waals surface area contributed by atoms with Crippen LogP contribution in [0.5, 0.6) is 5.75 Å². The molecule has 31 heavy (non-hydrogen) atoms. The largest absolute Gasteiger partial charge is 0.497 e. The molecule has 4 aliphatic rings. The van der Waals surface area contributed by atoms with Crippen molar-refractivity contribution in [2.45, 2.75) is 51.0 Å². The summed E-state index contributed by atoms with van der Waals surface area (Å²) in [6.07, 6.45) is 5.80. The molecule has 5 heteroatoms. The highest BCUT2D eigenvalue weighted by atomic mass is 31.2. The highest BCUT2D eigenvalue weighted by molar-refractivity contribution is 7.62. The molecular weight excluding hydrogens is 407 g/mol. The van der Waals surface area contributed by atoms with Gasteiger partial charge in [-0.05, 0) is 90.7 Å². The molecule has 3 aliphatic carbocycles. The van der Waals surface area contributed by atoms with Crippen LogP contribution in [-0.2, 0) is 20.0 Å². The summed E-state index contributed by atoms with van der Waals surface area (Å²) in [6, 6.07) is 16.2. The van der Waals surface area contributed by atoms with Crippen molar-refractivity contribution in [2.24, 2.45) is 23.2 Å². The van der Waals surface area contributed by atoms with Crippen molar-refractivity contribution in [3.8, 4) is 5.75 Å². The van der Waals surface area contributed by atoms with Crippen LogP contribution in [0.3, 0.4) is 0 Å². The van der Waals surface area contributed by atoms with Crippen LogP contribution in [0.4, 0.5) is 0 Å². The lowest BCUT2D eigenvalue weighted by Gasteiger charge is -2.51. The number of hydrogen-bond acceptors (Lipinski definition) is 4. The fourth-order valence-corrected chi connectivity index (χ4v) is 9.27. The second-order valence-corrected chi connectivity index (χ2v) is 12.2. The number of ether oxygens (including phenoxy) is 1. The van der Waals surface area contributed by atoms with Gasteiger partial charge in [-0.1, -0.05) is 31.2 Å². The lowest BCUT2D eigenvalue weighted by atomic mass is 9.55. The van der Waals surface area contributed by atoms with Gasteiger partial charge >= 0.3 is 7.60 Å². The van der Waals surface area contributed by atoms with Crippen LogP contribution < -0.4 is 10.0 Å². The van der Waals surface area contributed by atoms with Gasteiger partial charge in [-0.25, -0.2) is 0 Å². The summed E-state index contributed by atoms with van der Waals surface area (Å²) >= 11 is 0. The van der Waals surface area contributed by atoms with E-state index in [4.69, 9.17) is 13.8 Å². The van der Waals surface area contributed by atoms with E-state index in [1.807, 2.05) is 30.3 Å². The minimum absolute atomic E-state index is 0.0236. The van der Waals surface area contributed by atoms with E-state index in [1.54, 1.807) is 7.11 Å². The van der Waals surface area contributed by atoms with Gasteiger partial charge in [-0.2, -0.15) is 0 Å². The van der Waals surface area contributed by atoms with Crippen molar-refractivity contribution in [1.29, 1.82) is 0 Å². The Morgan fingerprint density at radius 3 is 2.77 bits per heavy atom. The molecule has 2 saturated carbocycles. The van der Waals surface area contributed by atoms with Gasteiger partial charge in [0.2, 0.25) is 0 Å². The Morgan fingerprint density at radius 1 is 1.13 bits per heavy atom. The second-order valence-electron chi connectivity index (χ2n) is 10.2. The zero-order valence-electron chi connectivity index (χ0n) is 18.3. The molecule has 1 heterocycles. The van der Waals surface area contributed by atoms with E-state index >= 15 is 0 Å². The van der Waals surface area contributed by atoms with E-state index in [9.17, 15) is 4.57 Å². The number of fused-ring (bicyclic) bond motifs is 7. The maximum Gasteiger partial charge on any atom is 0.361 e. The fourth-order valence-electron chi connectivity index (χ4n) is 7.30.